The molecule has 1 atom stereocenters. The van der Waals surface area contributed by atoms with Crippen LogP contribution in [0.1, 0.15) is 30.7 Å². The van der Waals surface area contributed by atoms with E-state index in [1.165, 1.54) is 18.4 Å². The maximum absolute atomic E-state index is 10.9. The summed E-state index contributed by atoms with van der Waals surface area (Å²) in [7, 11) is -0.656. The Kier molecular flexibility index (Phi) is 5.22. The lowest BCUT2D eigenvalue weighted by Crippen LogP contribution is -2.40. The smallest absolute Gasteiger partial charge is 0.0406 e. The average Bonchev–Trinajstić information content (AvgIpc) is 2.28. The fraction of sp³-hybridized carbons (Fsp3) is 0.571. The van der Waals surface area contributed by atoms with E-state index in [1.807, 2.05) is 12.1 Å². The van der Waals surface area contributed by atoms with Crippen molar-refractivity contribution in [1.82, 2.24) is 5.32 Å². The molecule has 18 heavy (non-hydrogen) atoms. The summed E-state index contributed by atoms with van der Waals surface area (Å²) in [4.78, 5) is 0. The molecule has 0 amide bonds. The van der Waals surface area contributed by atoms with E-state index in [2.05, 4.69) is 17.4 Å². The van der Waals surface area contributed by atoms with Gasteiger partial charge in [-0.3, -0.25) is 4.21 Å². The zero-order chi connectivity index (χ0) is 13.0. The molecule has 1 unspecified atom stereocenters. The van der Waals surface area contributed by atoms with Gasteiger partial charge in [0.2, 0.25) is 0 Å². The molecule has 0 radical (unpaired) electrons. The average molecular weight is 286 g/mol. The van der Waals surface area contributed by atoms with Gasteiger partial charge < -0.3 is 5.32 Å². The van der Waals surface area contributed by atoms with E-state index in [9.17, 15) is 4.21 Å². The van der Waals surface area contributed by atoms with Gasteiger partial charge in [-0.15, -0.1) is 0 Å². The van der Waals surface area contributed by atoms with Gasteiger partial charge in [0.25, 0.3) is 0 Å². The predicted octanol–water partition coefficient (Wildman–Crippen LogP) is 2.94. The molecule has 100 valence electrons. The predicted molar refractivity (Wildman–Crippen MR) is 78.8 cm³/mol. The van der Waals surface area contributed by atoms with Crippen LogP contribution in [0.2, 0.25) is 5.02 Å². The number of rotatable bonds is 6. The highest BCUT2D eigenvalue weighted by Crippen LogP contribution is 2.37. The van der Waals surface area contributed by atoms with Crippen molar-refractivity contribution in [2.24, 2.45) is 0 Å². The SMILES string of the molecule is CS(=O)CCCNC1CC(c2ccc(Cl)cc2)C1. The largest absolute Gasteiger partial charge is 0.314 e. The van der Waals surface area contributed by atoms with Gasteiger partial charge in [0.15, 0.2) is 0 Å². The Bertz CT molecular complexity index is 401. The normalized spacial score (nSPS) is 24.6. The Morgan fingerprint density at radius 1 is 1.33 bits per heavy atom. The van der Waals surface area contributed by atoms with Gasteiger partial charge in [-0.2, -0.15) is 0 Å². The van der Waals surface area contributed by atoms with Crippen LogP contribution in [-0.2, 0) is 10.8 Å². The van der Waals surface area contributed by atoms with Crippen molar-refractivity contribution in [3.8, 4) is 0 Å². The van der Waals surface area contributed by atoms with E-state index in [-0.39, 0.29) is 0 Å². The molecule has 4 heteroatoms. The molecular formula is C14H20ClNOS. The molecule has 2 nitrogen and oxygen atoms in total. The summed E-state index contributed by atoms with van der Waals surface area (Å²) in [5.74, 6) is 1.49. The second-order valence-corrected chi connectivity index (χ2v) is 6.99. The first-order chi connectivity index (χ1) is 8.65. The lowest BCUT2D eigenvalue weighted by atomic mass is 9.76. The van der Waals surface area contributed by atoms with Crippen LogP contribution in [0.25, 0.3) is 0 Å². The fourth-order valence-electron chi connectivity index (χ4n) is 2.37. The third-order valence-corrected chi connectivity index (χ3v) is 4.64. The van der Waals surface area contributed by atoms with Crippen molar-refractivity contribution in [2.75, 3.05) is 18.6 Å². The van der Waals surface area contributed by atoms with Crippen LogP contribution in [0.4, 0.5) is 0 Å². The van der Waals surface area contributed by atoms with Crippen molar-refractivity contribution in [1.29, 1.82) is 0 Å². The minimum atomic E-state index is -0.656. The molecule has 1 aliphatic carbocycles. The highest BCUT2D eigenvalue weighted by molar-refractivity contribution is 7.84. The number of hydrogen-bond donors (Lipinski definition) is 1. The topological polar surface area (TPSA) is 29.1 Å². The molecule has 0 aliphatic heterocycles. The molecule has 1 aliphatic rings. The molecule has 0 aromatic heterocycles. The van der Waals surface area contributed by atoms with E-state index >= 15 is 0 Å². The van der Waals surface area contributed by atoms with E-state index in [4.69, 9.17) is 11.6 Å². The third kappa shape index (κ3) is 4.08. The molecule has 1 fully saturated rings. The standard InChI is InChI=1S/C14H20ClNOS/c1-18(17)8-2-7-16-14-9-12(10-14)11-3-5-13(15)6-4-11/h3-6,12,14,16H,2,7-10H2,1H3. The molecule has 1 N–H and O–H groups in total. The fourth-order valence-corrected chi connectivity index (χ4v) is 3.05. The van der Waals surface area contributed by atoms with Crippen molar-refractivity contribution in [3.05, 3.63) is 34.9 Å². The summed E-state index contributed by atoms with van der Waals surface area (Å²) < 4.78 is 10.9. The van der Waals surface area contributed by atoms with Crippen molar-refractivity contribution in [2.45, 2.75) is 31.2 Å². The van der Waals surface area contributed by atoms with E-state index in [1.54, 1.807) is 6.26 Å². The second-order valence-electron chi connectivity index (χ2n) is 5.00. The van der Waals surface area contributed by atoms with Gasteiger partial charge in [0.1, 0.15) is 0 Å². The monoisotopic (exact) mass is 285 g/mol. The van der Waals surface area contributed by atoms with Crippen LogP contribution in [0.15, 0.2) is 24.3 Å². The third-order valence-electron chi connectivity index (χ3n) is 3.52. The van der Waals surface area contributed by atoms with Gasteiger partial charge in [-0.1, -0.05) is 23.7 Å². The quantitative estimate of drug-likeness (QED) is 0.814. The second kappa shape index (κ2) is 6.69. The first-order valence-electron chi connectivity index (χ1n) is 6.44. The van der Waals surface area contributed by atoms with Crippen LogP contribution in [-0.4, -0.2) is 28.8 Å². The molecule has 0 saturated heterocycles. The minimum absolute atomic E-state index is 0.635. The van der Waals surface area contributed by atoms with Crippen molar-refractivity contribution < 1.29 is 4.21 Å². The summed E-state index contributed by atoms with van der Waals surface area (Å²) in [5.41, 5.74) is 1.40. The number of benzene rings is 1. The Morgan fingerprint density at radius 2 is 2.00 bits per heavy atom. The minimum Gasteiger partial charge on any atom is -0.314 e. The van der Waals surface area contributed by atoms with Gasteiger partial charge in [0, 0.05) is 33.9 Å². The van der Waals surface area contributed by atoms with Gasteiger partial charge in [-0.25, -0.2) is 0 Å². The van der Waals surface area contributed by atoms with Gasteiger partial charge >= 0.3 is 0 Å². The molecule has 2 rings (SSSR count). The van der Waals surface area contributed by atoms with Crippen LogP contribution in [0.5, 0.6) is 0 Å². The Labute approximate surface area is 117 Å². The van der Waals surface area contributed by atoms with Crippen LogP contribution < -0.4 is 5.32 Å². The Hall–Kier alpha value is -0.380. The van der Waals surface area contributed by atoms with Gasteiger partial charge in [-0.05, 0) is 49.4 Å². The summed E-state index contributed by atoms with van der Waals surface area (Å²) in [5, 5.41) is 4.33. The molecule has 0 bridgehead atoms. The summed E-state index contributed by atoms with van der Waals surface area (Å²) in [6.07, 6.45) is 5.18. The van der Waals surface area contributed by atoms with Crippen molar-refractivity contribution in [3.63, 3.8) is 0 Å². The molecule has 1 saturated carbocycles. The molecule has 1 aromatic carbocycles. The number of hydrogen-bond acceptors (Lipinski definition) is 2. The van der Waals surface area contributed by atoms with E-state index in [0.29, 0.717) is 12.0 Å². The van der Waals surface area contributed by atoms with E-state index < -0.39 is 10.8 Å². The zero-order valence-corrected chi connectivity index (χ0v) is 12.3. The summed E-state index contributed by atoms with van der Waals surface area (Å²) in [6, 6.07) is 8.82. The molecule has 0 spiro atoms. The van der Waals surface area contributed by atoms with Crippen molar-refractivity contribution >= 4 is 22.4 Å². The molecule has 0 heterocycles. The van der Waals surface area contributed by atoms with Gasteiger partial charge in [0.05, 0.1) is 0 Å². The van der Waals surface area contributed by atoms with E-state index in [0.717, 1.165) is 23.7 Å². The van der Waals surface area contributed by atoms with Crippen LogP contribution in [0.3, 0.4) is 0 Å². The highest BCUT2D eigenvalue weighted by Gasteiger charge is 2.29. The lowest BCUT2D eigenvalue weighted by molar-refractivity contribution is 0.292. The van der Waals surface area contributed by atoms with Crippen LogP contribution in [0, 0.1) is 0 Å². The molecule has 1 aromatic rings. The zero-order valence-electron chi connectivity index (χ0n) is 10.7. The highest BCUT2D eigenvalue weighted by atomic mass is 35.5. The Morgan fingerprint density at radius 3 is 2.61 bits per heavy atom. The summed E-state index contributed by atoms with van der Waals surface area (Å²) >= 11 is 5.88. The maximum Gasteiger partial charge on any atom is 0.0406 e. The maximum atomic E-state index is 10.9. The number of nitrogens with one attached hydrogen (secondary N) is 1. The Balaban J connectivity index is 1.64. The first kappa shape index (κ1) is 14.0. The molecular weight excluding hydrogens is 266 g/mol. The van der Waals surface area contributed by atoms with Crippen LogP contribution >= 0.6 is 11.6 Å². The number of halogens is 1. The first-order valence-corrected chi connectivity index (χ1v) is 8.54. The lowest BCUT2D eigenvalue weighted by Gasteiger charge is -2.36. The summed E-state index contributed by atoms with van der Waals surface area (Å²) in [6.45, 7) is 0.984.